The highest BCUT2D eigenvalue weighted by Crippen LogP contribution is 2.26. The molecule has 0 aromatic heterocycles. The first kappa shape index (κ1) is 15.2. The number of rotatable bonds is 7. The summed E-state index contributed by atoms with van der Waals surface area (Å²) in [6.45, 7) is 6.25. The van der Waals surface area contributed by atoms with Crippen LogP contribution in [0, 0.1) is 5.92 Å². The van der Waals surface area contributed by atoms with Crippen LogP contribution in [0.3, 0.4) is 0 Å². The molecule has 0 fully saturated rings. The van der Waals surface area contributed by atoms with E-state index in [-0.39, 0.29) is 5.92 Å². The van der Waals surface area contributed by atoms with Gasteiger partial charge in [-0.3, -0.25) is 0 Å². The quantitative estimate of drug-likeness (QED) is 0.778. The molecule has 2 atom stereocenters. The summed E-state index contributed by atoms with van der Waals surface area (Å²) < 4.78 is 0. The van der Waals surface area contributed by atoms with Crippen LogP contribution in [0.25, 0.3) is 0 Å². The summed E-state index contributed by atoms with van der Waals surface area (Å²) in [5.41, 5.74) is 2.06. The fourth-order valence-electron chi connectivity index (χ4n) is 2.45. The smallest absolute Gasteiger partial charge is 0.105 e. The lowest BCUT2D eigenvalue weighted by molar-refractivity contribution is -0.0209. The molecule has 0 aliphatic carbocycles. The third-order valence-electron chi connectivity index (χ3n) is 3.69. The summed E-state index contributed by atoms with van der Waals surface area (Å²) in [6, 6.07) is 7.95. The maximum absolute atomic E-state index is 10.3. The molecule has 0 heterocycles. The first-order chi connectivity index (χ1) is 8.63. The molecule has 0 bridgehead atoms. The van der Waals surface area contributed by atoms with Crippen LogP contribution in [0.2, 0.25) is 0 Å². The van der Waals surface area contributed by atoms with Crippen molar-refractivity contribution in [2.24, 2.45) is 5.92 Å². The minimum Gasteiger partial charge on any atom is -0.390 e. The molecule has 0 radical (unpaired) electrons. The maximum Gasteiger partial charge on any atom is 0.105 e. The van der Waals surface area contributed by atoms with Gasteiger partial charge in [0.2, 0.25) is 0 Å². The Balaban J connectivity index is 2.82. The maximum atomic E-state index is 10.3. The van der Waals surface area contributed by atoms with E-state index in [0.29, 0.717) is 0 Å². The molecule has 0 spiro atoms. The lowest BCUT2D eigenvalue weighted by Gasteiger charge is -2.25. The number of aryl methyl sites for hydroxylation is 1. The molecule has 18 heavy (non-hydrogen) atoms. The van der Waals surface area contributed by atoms with Crippen molar-refractivity contribution in [1.82, 2.24) is 0 Å². The topological polar surface area (TPSA) is 40.5 Å². The number of hydrogen-bond acceptors (Lipinski definition) is 2. The molecule has 102 valence electrons. The summed E-state index contributed by atoms with van der Waals surface area (Å²) in [7, 11) is 0. The molecule has 2 nitrogen and oxygen atoms in total. The number of hydrogen-bond donors (Lipinski definition) is 2. The zero-order valence-corrected chi connectivity index (χ0v) is 11.8. The number of aliphatic hydroxyl groups is 2. The minimum absolute atomic E-state index is 0.162. The second-order valence-corrected chi connectivity index (χ2v) is 5.01. The Labute approximate surface area is 111 Å². The monoisotopic (exact) mass is 250 g/mol. The Hall–Kier alpha value is -0.860. The van der Waals surface area contributed by atoms with Crippen LogP contribution >= 0.6 is 0 Å². The Morgan fingerprint density at radius 1 is 1.06 bits per heavy atom. The highest BCUT2D eigenvalue weighted by atomic mass is 16.3. The van der Waals surface area contributed by atoms with Crippen LogP contribution in [-0.4, -0.2) is 16.3 Å². The SMILES string of the molecule is CCCc1cccc(C(O)C(O)C(CC)CC)c1. The van der Waals surface area contributed by atoms with Crippen molar-refractivity contribution in [3.63, 3.8) is 0 Å². The van der Waals surface area contributed by atoms with Gasteiger partial charge in [-0.2, -0.15) is 0 Å². The van der Waals surface area contributed by atoms with E-state index in [0.717, 1.165) is 31.2 Å². The Morgan fingerprint density at radius 3 is 2.28 bits per heavy atom. The van der Waals surface area contributed by atoms with Crippen molar-refractivity contribution in [3.05, 3.63) is 35.4 Å². The van der Waals surface area contributed by atoms with Crippen LogP contribution in [0.5, 0.6) is 0 Å². The standard InChI is InChI=1S/C16H26O2/c1-4-8-12-9-7-10-14(11-12)16(18)15(17)13(5-2)6-3/h7,9-11,13,15-18H,4-6,8H2,1-3H3. The van der Waals surface area contributed by atoms with Gasteiger partial charge >= 0.3 is 0 Å². The van der Waals surface area contributed by atoms with E-state index >= 15 is 0 Å². The summed E-state index contributed by atoms with van der Waals surface area (Å²) in [6.07, 6.45) is 2.45. The largest absolute Gasteiger partial charge is 0.390 e. The molecule has 0 amide bonds. The number of benzene rings is 1. The van der Waals surface area contributed by atoms with Gasteiger partial charge < -0.3 is 10.2 Å². The Bertz CT molecular complexity index is 345. The van der Waals surface area contributed by atoms with Crippen molar-refractivity contribution < 1.29 is 10.2 Å². The number of aliphatic hydroxyl groups excluding tert-OH is 2. The van der Waals surface area contributed by atoms with Crippen molar-refractivity contribution in [1.29, 1.82) is 0 Å². The van der Waals surface area contributed by atoms with Crippen molar-refractivity contribution >= 4 is 0 Å². The van der Waals surface area contributed by atoms with Gasteiger partial charge in [0.25, 0.3) is 0 Å². The lowest BCUT2D eigenvalue weighted by atomic mass is 9.89. The van der Waals surface area contributed by atoms with Gasteiger partial charge in [-0.25, -0.2) is 0 Å². The molecule has 0 saturated carbocycles. The first-order valence-electron chi connectivity index (χ1n) is 7.08. The molecular formula is C16H26O2. The molecule has 1 aromatic carbocycles. The highest BCUT2D eigenvalue weighted by Gasteiger charge is 2.25. The molecule has 0 aliphatic rings. The lowest BCUT2D eigenvalue weighted by Crippen LogP contribution is -2.27. The van der Waals surface area contributed by atoms with Gasteiger partial charge in [-0.1, -0.05) is 64.3 Å². The van der Waals surface area contributed by atoms with Crippen LogP contribution in [0.4, 0.5) is 0 Å². The van der Waals surface area contributed by atoms with E-state index in [2.05, 4.69) is 26.8 Å². The van der Waals surface area contributed by atoms with Crippen molar-refractivity contribution in [3.8, 4) is 0 Å². The summed E-state index contributed by atoms with van der Waals surface area (Å²) in [4.78, 5) is 0. The second kappa shape index (κ2) is 7.55. The third-order valence-corrected chi connectivity index (χ3v) is 3.69. The fourth-order valence-corrected chi connectivity index (χ4v) is 2.45. The van der Waals surface area contributed by atoms with E-state index in [4.69, 9.17) is 0 Å². The van der Waals surface area contributed by atoms with Gasteiger partial charge in [0.05, 0.1) is 6.10 Å². The molecular weight excluding hydrogens is 224 g/mol. The fraction of sp³-hybridized carbons (Fsp3) is 0.625. The van der Waals surface area contributed by atoms with E-state index in [1.54, 1.807) is 0 Å². The third kappa shape index (κ3) is 3.82. The minimum atomic E-state index is -0.772. The van der Waals surface area contributed by atoms with Crippen molar-refractivity contribution in [2.75, 3.05) is 0 Å². The van der Waals surface area contributed by atoms with E-state index < -0.39 is 12.2 Å². The van der Waals surface area contributed by atoms with Crippen molar-refractivity contribution in [2.45, 2.75) is 58.7 Å². The molecule has 0 saturated heterocycles. The zero-order chi connectivity index (χ0) is 13.5. The summed E-state index contributed by atoms with van der Waals surface area (Å²) in [5, 5.41) is 20.5. The van der Waals surface area contributed by atoms with Gasteiger partial charge in [0, 0.05) is 0 Å². The second-order valence-electron chi connectivity index (χ2n) is 5.01. The van der Waals surface area contributed by atoms with E-state index in [9.17, 15) is 10.2 Å². The van der Waals surface area contributed by atoms with E-state index in [1.165, 1.54) is 5.56 Å². The Morgan fingerprint density at radius 2 is 1.72 bits per heavy atom. The average Bonchev–Trinajstić information content (AvgIpc) is 2.40. The van der Waals surface area contributed by atoms with Gasteiger partial charge in [0.15, 0.2) is 0 Å². The Kier molecular flexibility index (Phi) is 6.37. The predicted molar refractivity (Wildman–Crippen MR) is 75.5 cm³/mol. The molecule has 2 unspecified atom stereocenters. The summed E-state index contributed by atoms with van der Waals surface area (Å²) >= 11 is 0. The van der Waals surface area contributed by atoms with Gasteiger partial charge in [-0.15, -0.1) is 0 Å². The molecule has 1 aromatic rings. The van der Waals surface area contributed by atoms with Crippen LogP contribution in [-0.2, 0) is 6.42 Å². The molecule has 0 aliphatic heterocycles. The predicted octanol–water partition coefficient (Wildman–Crippen LogP) is 3.47. The highest BCUT2D eigenvalue weighted by molar-refractivity contribution is 5.26. The van der Waals surface area contributed by atoms with Crippen LogP contribution < -0.4 is 0 Å². The van der Waals surface area contributed by atoms with Gasteiger partial charge in [0.1, 0.15) is 6.10 Å². The molecule has 2 N–H and O–H groups in total. The normalized spacial score (nSPS) is 14.8. The first-order valence-corrected chi connectivity index (χ1v) is 7.08. The zero-order valence-electron chi connectivity index (χ0n) is 11.8. The van der Waals surface area contributed by atoms with E-state index in [1.807, 2.05) is 18.2 Å². The molecule has 2 heteroatoms. The van der Waals surface area contributed by atoms with Crippen LogP contribution in [0.15, 0.2) is 24.3 Å². The van der Waals surface area contributed by atoms with Crippen LogP contribution in [0.1, 0.15) is 57.3 Å². The summed E-state index contributed by atoms with van der Waals surface area (Å²) in [5.74, 6) is 0.162. The molecule has 1 rings (SSSR count). The van der Waals surface area contributed by atoms with Gasteiger partial charge in [-0.05, 0) is 23.5 Å². The average molecular weight is 250 g/mol.